The Morgan fingerprint density at radius 1 is 1.06 bits per heavy atom. The molecule has 0 aromatic carbocycles. The van der Waals surface area contributed by atoms with Crippen LogP contribution in [0.1, 0.15) is 58.8 Å². The second-order valence-electron chi connectivity index (χ2n) is 5.70. The molecule has 1 aliphatic rings. The Bertz CT molecular complexity index is 197. The molecule has 1 rings (SSSR count). The molecule has 1 fully saturated rings. The molecule has 0 spiro atoms. The van der Waals surface area contributed by atoms with E-state index in [-0.39, 0.29) is 0 Å². The van der Waals surface area contributed by atoms with Gasteiger partial charge in [0.2, 0.25) is 0 Å². The zero-order valence-electron chi connectivity index (χ0n) is 12.4. The van der Waals surface area contributed by atoms with E-state index in [4.69, 9.17) is 0 Å². The topological polar surface area (TPSA) is 35.5 Å². The number of rotatable bonds is 8. The minimum absolute atomic E-state index is 0.425. The highest BCUT2D eigenvalue weighted by Gasteiger charge is 2.27. The molecule has 0 unspecified atom stereocenters. The van der Waals surface area contributed by atoms with Crippen molar-refractivity contribution < 1.29 is 5.11 Å². The first kappa shape index (κ1) is 15.9. The number of hydrogen-bond acceptors (Lipinski definition) is 3. The maximum Gasteiger partial charge on any atom is 0.0771 e. The van der Waals surface area contributed by atoms with E-state index in [1.807, 2.05) is 0 Å². The van der Waals surface area contributed by atoms with Gasteiger partial charge in [0.15, 0.2) is 0 Å². The van der Waals surface area contributed by atoms with Crippen molar-refractivity contribution in [3.63, 3.8) is 0 Å². The Labute approximate surface area is 113 Å². The average molecular weight is 256 g/mol. The zero-order valence-corrected chi connectivity index (χ0v) is 12.4. The van der Waals surface area contributed by atoms with Crippen molar-refractivity contribution in [2.24, 2.45) is 0 Å². The summed E-state index contributed by atoms with van der Waals surface area (Å²) >= 11 is 0. The zero-order chi connectivity index (χ0) is 13.3. The normalized spacial score (nSPS) is 20.0. The molecule has 0 aromatic rings. The minimum Gasteiger partial charge on any atom is -0.389 e. The summed E-state index contributed by atoms with van der Waals surface area (Å²) in [5.74, 6) is 0. The van der Waals surface area contributed by atoms with Crippen LogP contribution in [0, 0.1) is 0 Å². The smallest absolute Gasteiger partial charge is 0.0771 e. The Kier molecular flexibility index (Phi) is 7.87. The van der Waals surface area contributed by atoms with E-state index in [1.54, 1.807) is 0 Å². The van der Waals surface area contributed by atoms with Crippen LogP contribution in [0.25, 0.3) is 0 Å². The molecule has 0 aromatic heterocycles. The molecule has 0 saturated heterocycles. The summed E-state index contributed by atoms with van der Waals surface area (Å²) in [6.07, 6.45) is 8.12. The van der Waals surface area contributed by atoms with Crippen LogP contribution in [-0.2, 0) is 0 Å². The first-order chi connectivity index (χ1) is 8.70. The lowest BCUT2D eigenvalue weighted by Crippen LogP contribution is -2.41. The van der Waals surface area contributed by atoms with Gasteiger partial charge >= 0.3 is 0 Å². The summed E-state index contributed by atoms with van der Waals surface area (Å²) in [6.45, 7) is 9.68. The molecular weight excluding hydrogens is 224 g/mol. The molecule has 0 bridgehead atoms. The minimum atomic E-state index is -0.425. The molecule has 3 nitrogen and oxygen atoms in total. The van der Waals surface area contributed by atoms with Gasteiger partial charge in [0.05, 0.1) is 5.60 Å². The molecule has 0 atom stereocenters. The van der Waals surface area contributed by atoms with Gasteiger partial charge in [0.25, 0.3) is 0 Å². The number of hydrogen-bond donors (Lipinski definition) is 2. The van der Waals surface area contributed by atoms with Crippen molar-refractivity contribution in [3.8, 4) is 0 Å². The van der Waals surface area contributed by atoms with Gasteiger partial charge in [-0.25, -0.2) is 0 Å². The molecule has 0 amide bonds. The van der Waals surface area contributed by atoms with Gasteiger partial charge in [-0.2, -0.15) is 0 Å². The lowest BCUT2D eigenvalue weighted by molar-refractivity contribution is 0.0253. The lowest BCUT2D eigenvalue weighted by Gasteiger charge is -2.27. The van der Waals surface area contributed by atoms with E-state index in [1.165, 1.54) is 38.6 Å². The standard InChI is InChI=1S/C15H32N2O/c1-3-17(4-2)13-9-12-16-14-15(18)10-7-5-6-8-11-15/h16,18H,3-14H2,1-2H3. The average Bonchev–Trinajstić information content (AvgIpc) is 2.59. The largest absolute Gasteiger partial charge is 0.389 e. The van der Waals surface area contributed by atoms with Gasteiger partial charge in [0, 0.05) is 6.54 Å². The fraction of sp³-hybridized carbons (Fsp3) is 1.00. The molecular formula is C15H32N2O. The van der Waals surface area contributed by atoms with E-state index in [0.717, 1.165) is 39.0 Å². The summed E-state index contributed by atoms with van der Waals surface area (Å²) in [6, 6.07) is 0. The lowest BCUT2D eigenvalue weighted by atomic mass is 9.94. The van der Waals surface area contributed by atoms with Gasteiger partial charge in [-0.15, -0.1) is 0 Å². The van der Waals surface area contributed by atoms with Crippen LogP contribution in [0.4, 0.5) is 0 Å². The summed E-state index contributed by atoms with van der Waals surface area (Å²) in [5.41, 5.74) is -0.425. The third kappa shape index (κ3) is 6.17. The molecule has 18 heavy (non-hydrogen) atoms. The number of nitrogens with one attached hydrogen (secondary N) is 1. The van der Waals surface area contributed by atoms with E-state index >= 15 is 0 Å². The second-order valence-corrected chi connectivity index (χ2v) is 5.70. The third-order valence-electron chi connectivity index (χ3n) is 4.21. The Morgan fingerprint density at radius 2 is 1.67 bits per heavy atom. The van der Waals surface area contributed by atoms with Gasteiger partial charge in [-0.05, 0) is 45.4 Å². The highest BCUT2D eigenvalue weighted by molar-refractivity contribution is 4.83. The molecule has 0 radical (unpaired) electrons. The molecule has 2 N–H and O–H groups in total. The predicted molar refractivity (Wildman–Crippen MR) is 77.9 cm³/mol. The molecule has 3 heteroatoms. The van der Waals surface area contributed by atoms with Crippen molar-refractivity contribution >= 4 is 0 Å². The van der Waals surface area contributed by atoms with E-state index in [0.29, 0.717) is 0 Å². The van der Waals surface area contributed by atoms with Crippen LogP contribution in [0.3, 0.4) is 0 Å². The van der Waals surface area contributed by atoms with Crippen molar-refractivity contribution in [2.45, 2.75) is 64.4 Å². The van der Waals surface area contributed by atoms with Crippen molar-refractivity contribution in [3.05, 3.63) is 0 Å². The summed E-state index contributed by atoms with van der Waals surface area (Å²) in [4.78, 5) is 2.45. The van der Waals surface area contributed by atoms with Crippen LogP contribution in [0.2, 0.25) is 0 Å². The first-order valence-electron chi connectivity index (χ1n) is 7.85. The van der Waals surface area contributed by atoms with Crippen molar-refractivity contribution in [2.75, 3.05) is 32.7 Å². The van der Waals surface area contributed by atoms with E-state index in [9.17, 15) is 5.11 Å². The highest BCUT2D eigenvalue weighted by atomic mass is 16.3. The van der Waals surface area contributed by atoms with E-state index < -0.39 is 5.60 Å². The van der Waals surface area contributed by atoms with Crippen LogP contribution in [-0.4, -0.2) is 48.3 Å². The van der Waals surface area contributed by atoms with Crippen molar-refractivity contribution in [1.29, 1.82) is 0 Å². The van der Waals surface area contributed by atoms with Crippen LogP contribution < -0.4 is 5.32 Å². The molecule has 1 saturated carbocycles. The quantitative estimate of drug-likeness (QED) is 0.517. The fourth-order valence-electron chi connectivity index (χ4n) is 2.85. The molecule has 0 aliphatic heterocycles. The van der Waals surface area contributed by atoms with Gasteiger partial charge < -0.3 is 15.3 Å². The Morgan fingerprint density at radius 3 is 2.22 bits per heavy atom. The van der Waals surface area contributed by atoms with Gasteiger partial charge in [-0.3, -0.25) is 0 Å². The maximum atomic E-state index is 10.5. The van der Waals surface area contributed by atoms with Crippen molar-refractivity contribution in [1.82, 2.24) is 10.2 Å². The van der Waals surface area contributed by atoms with Gasteiger partial charge in [-0.1, -0.05) is 39.5 Å². The van der Waals surface area contributed by atoms with Crippen LogP contribution in [0.15, 0.2) is 0 Å². The molecule has 108 valence electrons. The second kappa shape index (κ2) is 8.89. The molecule has 1 aliphatic carbocycles. The van der Waals surface area contributed by atoms with E-state index in [2.05, 4.69) is 24.1 Å². The molecule has 0 heterocycles. The Hall–Kier alpha value is -0.120. The maximum absolute atomic E-state index is 10.5. The van der Waals surface area contributed by atoms with Crippen LogP contribution in [0.5, 0.6) is 0 Å². The summed E-state index contributed by atoms with van der Waals surface area (Å²) < 4.78 is 0. The first-order valence-corrected chi connectivity index (χ1v) is 7.85. The monoisotopic (exact) mass is 256 g/mol. The highest BCUT2D eigenvalue weighted by Crippen LogP contribution is 2.26. The predicted octanol–water partition coefficient (Wildman–Crippen LogP) is 2.39. The summed E-state index contributed by atoms with van der Waals surface area (Å²) in [5, 5.41) is 13.9. The SMILES string of the molecule is CCN(CC)CCCNCC1(O)CCCCCC1. The third-order valence-corrected chi connectivity index (χ3v) is 4.21. The van der Waals surface area contributed by atoms with Crippen LogP contribution >= 0.6 is 0 Å². The summed E-state index contributed by atoms with van der Waals surface area (Å²) in [7, 11) is 0. The number of nitrogens with zero attached hydrogens (tertiary/aromatic N) is 1. The van der Waals surface area contributed by atoms with Gasteiger partial charge in [0.1, 0.15) is 0 Å². The fourth-order valence-corrected chi connectivity index (χ4v) is 2.85. The Balaban J connectivity index is 2.09. The number of aliphatic hydroxyl groups is 1.